The Balaban J connectivity index is 1.46. The Bertz CT molecular complexity index is 882. The highest BCUT2D eigenvalue weighted by Gasteiger charge is 2.26. The first-order valence-electron chi connectivity index (χ1n) is 8.32. The molecule has 0 bridgehead atoms. The molecule has 1 fully saturated rings. The number of nitrogens with one attached hydrogen (secondary N) is 1. The Morgan fingerprint density at radius 1 is 1.20 bits per heavy atom. The van der Waals surface area contributed by atoms with Gasteiger partial charge in [-0.1, -0.05) is 6.07 Å². The van der Waals surface area contributed by atoms with Crippen LogP contribution in [0.4, 0.5) is 0 Å². The summed E-state index contributed by atoms with van der Waals surface area (Å²) in [5, 5.41) is 0. The van der Waals surface area contributed by atoms with E-state index < -0.39 is 0 Å². The lowest BCUT2D eigenvalue weighted by molar-refractivity contribution is 0.0714. The van der Waals surface area contributed by atoms with Crippen LogP contribution in [-0.4, -0.2) is 50.9 Å². The molecule has 1 aliphatic heterocycles. The van der Waals surface area contributed by atoms with E-state index in [1.54, 1.807) is 25.8 Å². The fraction of sp³-hybridized carbons (Fsp3) is 0.333. The summed E-state index contributed by atoms with van der Waals surface area (Å²) < 4.78 is 5.10. The van der Waals surface area contributed by atoms with E-state index in [2.05, 4.69) is 26.0 Å². The number of nitrogens with zero attached hydrogens (tertiary/aromatic N) is 4. The third kappa shape index (κ3) is 2.93. The van der Waals surface area contributed by atoms with E-state index >= 15 is 0 Å². The maximum Gasteiger partial charge on any atom is 0.257 e. The van der Waals surface area contributed by atoms with Crippen LogP contribution >= 0.6 is 0 Å². The third-order valence-electron chi connectivity index (χ3n) is 4.78. The number of hydrogen-bond donors (Lipinski definition) is 1. The van der Waals surface area contributed by atoms with Gasteiger partial charge in [0.25, 0.3) is 5.91 Å². The number of carbonyl (C=O) groups is 1. The Kier molecular flexibility index (Phi) is 4.05. The summed E-state index contributed by atoms with van der Waals surface area (Å²) in [4.78, 5) is 30.4. The molecule has 7 heteroatoms. The van der Waals surface area contributed by atoms with Gasteiger partial charge in [0.2, 0.25) is 5.88 Å². The summed E-state index contributed by atoms with van der Waals surface area (Å²) in [6.07, 6.45) is 8.59. The van der Waals surface area contributed by atoms with E-state index in [0.717, 1.165) is 31.4 Å². The quantitative estimate of drug-likeness (QED) is 0.793. The lowest BCUT2D eigenvalue weighted by atomic mass is 9.90. The molecule has 1 N–H and O–H groups in total. The number of piperidine rings is 1. The number of rotatable bonds is 3. The van der Waals surface area contributed by atoms with Crippen molar-refractivity contribution in [1.29, 1.82) is 0 Å². The standard InChI is InChI=1S/C18H19N5O2/c1-25-16-3-2-13(8-20-16)12-4-6-23(7-5-12)18(24)14-9-19-10-15-17(14)22-11-21-15/h2-3,8-12H,4-7H2,1H3,(H,21,22). The number of amides is 1. The molecule has 1 amide bonds. The van der Waals surface area contributed by atoms with E-state index in [9.17, 15) is 4.79 Å². The van der Waals surface area contributed by atoms with Gasteiger partial charge in [0.15, 0.2) is 0 Å². The van der Waals surface area contributed by atoms with Crippen LogP contribution in [-0.2, 0) is 0 Å². The average Bonchev–Trinajstić information content (AvgIpc) is 3.16. The minimum atomic E-state index is -0.00324. The molecular weight excluding hydrogens is 318 g/mol. The van der Waals surface area contributed by atoms with Crippen LogP contribution in [0.3, 0.4) is 0 Å². The molecule has 0 radical (unpaired) electrons. The number of likely N-dealkylation sites (tertiary alicyclic amines) is 1. The fourth-order valence-corrected chi connectivity index (χ4v) is 3.36. The number of hydrogen-bond acceptors (Lipinski definition) is 5. The number of ether oxygens (including phenoxy) is 1. The number of imidazole rings is 1. The summed E-state index contributed by atoms with van der Waals surface area (Å²) in [5.74, 6) is 1.04. The Labute approximate surface area is 145 Å². The van der Waals surface area contributed by atoms with Gasteiger partial charge >= 0.3 is 0 Å². The van der Waals surface area contributed by atoms with Crippen molar-refractivity contribution in [2.45, 2.75) is 18.8 Å². The van der Waals surface area contributed by atoms with Crippen molar-refractivity contribution < 1.29 is 9.53 Å². The van der Waals surface area contributed by atoms with Crippen molar-refractivity contribution in [2.24, 2.45) is 0 Å². The summed E-state index contributed by atoms with van der Waals surface area (Å²) in [6.45, 7) is 1.44. The zero-order chi connectivity index (χ0) is 17.2. The lowest BCUT2D eigenvalue weighted by Gasteiger charge is -2.32. The van der Waals surface area contributed by atoms with E-state index in [1.165, 1.54) is 5.56 Å². The van der Waals surface area contributed by atoms with E-state index in [4.69, 9.17) is 4.74 Å². The maximum atomic E-state index is 12.8. The number of carbonyl (C=O) groups excluding carboxylic acids is 1. The van der Waals surface area contributed by atoms with Crippen molar-refractivity contribution in [3.63, 3.8) is 0 Å². The molecule has 0 aromatic carbocycles. The lowest BCUT2D eigenvalue weighted by Crippen LogP contribution is -2.38. The number of pyridine rings is 2. The van der Waals surface area contributed by atoms with Crippen molar-refractivity contribution >= 4 is 16.9 Å². The molecular formula is C18H19N5O2. The number of aromatic nitrogens is 4. The Morgan fingerprint density at radius 3 is 2.76 bits per heavy atom. The van der Waals surface area contributed by atoms with Crippen LogP contribution in [0.15, 0.2) is 37.1 Å². The van der Waals surface area contributed by atoms with Crippen molar-refractivity contribution in [2.75, 3.05) is 20.2 Å². The molecule has 0 aliphatic carbocycles. The molecule has 0 saturated carbocycles. The zero-order valence-electron chi connectivity index (χ0n) is 14.0. The predicted octanol–water partition coefficient (Wildman–Crippen LogP) is 2.38. The average molecular weight is 337 g/mol. The third-order valence-corrected chi connectivity index (χ3v) is 4.78. The molecule has 1 aliphatic rings. The number of methoxy groups -OCH3 is 1. The minimum Gasteiger partial charge on any atom is -0.481 e. The first-order valence-corrected chi connectivity index (χ1v) is 8.32. The molecule has 3 aromatic heterocycles. The van der Waals surface area contributed by atoms with Gasteiger partial charge in [-0.3, -0.25) is 9.78 Å². The highest BCUT2D eigenvalue weighted by molar-refractivity contribution is 6.04. The highest BCUT2D eigenvalue weighted by Crippen LogP contribution is 2.29. The molecule has 0 unspecified atom stereocenters. The molecule has 25 heavy (non-hydrogen) atoms. The molecule has 3 aromatic rings. The predicted molar refractivity (Wildman–Crippen MR) is 92.6 cm³/mol. The second kappa shape index (κ2) is 6.51. The SMILES string of the molecule is COc1ccc(C2CCN(C(=O)c3cncc4[nH]cnc34)CC2)cn1. The summed E-state index contributed by atoms with van der Waals surface area (Å²) in [7, 11) is 1.61. The topological polar surface area (TPSA) is 84.0 Å². The van der Waals surface area contributed by atoms with E-state index in [0.29, 0.717) is 22.9 Å². The Hall–Kier alpha value is -2.96. The molecule has 4 rings (SSSR count). The minimum absolute atomic E-state index is 0.00324. The van der Waals surface area contributed by atoms with Gasteiger partial charge < -0.3 is 14.6 Å². The number of fused-ring (bicyclic) bond motifs is 1. The van der Waals surface area contributed by atoms with Crippen LogP contribution in [0.5, 0.6) is 5.88 Å². The second-order valence-electron chi connectivity index (χ2n) is 6.19. The van der Waals surface area contributed by atoms with E-state index in [1.807, 2.05) is 17.2 Å². The van der Waals surface area contributed by atoms with Gasteiger partial charge in [0.05, 0.1) is 30.7 Å². The van der Waals surface area contributed by atoms with Gasteiger partial charge in [-0.15, -0.1) is 0 Å². The summed E-state index contributed by atoms with van der Waals surface area (Å²) in [5.41, 5.74) is 3.22. The van der Waals surface area contributed by atoms with Crippen LogP contribution in [0.2, 0.25) is 0 Å². The van der Waals surface area contributed by atoms with Crippen LogP contribution in [0.25, 0.3) is 11.0 Å². The van der Waals surface area contributed by atoms with Gasteiger partial charge in [-0.25, -0.2) is 9.97 Å². The highest BCUT2D eigenvalue weighted by atomic mass is 16.5. The molecule has 0 spiro atoms. The summed E-state index contributed by atoms with van der Waals surface area (Å²) >= 11 is 0. The maximum absolute atomic E-state index is 12.8. The Morgan fingerprint density at radius 2 is 2.04 bits per heavy atom. The van der Waals surface area contributed by atoms with Crippen molar-refractivity contribution in [3.8, 4) is 5.88 Å². The zero-order valence-corrected chi connectivity index (χ0v) is 14.0. The van der Waals surface area contributed by atoms with Gasteiger partial charge in [-0.05, 0) is 24.3 Å². The second-order valence-corrected chi connectivity index (χ2v) is 6.19. The van der Waals surface area contributed by atoms with Crippen molar-refractivity contribution in [1.82, 2.24) is 24.8 Å². The molecule has 128 valence electrons. The molecule has 7 nitrogen and oxygen atoms in total. The van der Waals surface area contributed by atoms with E-state index in [-0.39, 0.29) is 5.91 Å². The first-order chi connectivity index (χ1) is 12.3. The van der Waals surface area contributed by atoms with Gasteiger partial charge in [-0.2, -0.15) is 0 Å². The number of H-pyrrole nitrogens is 1. The largest absolute Gasteiger partial charge is 0.481 e. The number of aromatic amines is 1. The first kappa shape index (κ1) is 15.6. The summed E-state index contributed by atoms with van der Waals surface area (Å²) in [6, 6.07) is 3.94. The fourth-order valence-electron chi connectivity index (χ4n) is 3.36. The monoisotopic (exact) mass is 337 g/mol. The molecule has 4 heterocycles. The van der Waals surface area contributed by atoms with Gasteiger partial charge in [0, 0.05) is 31.5 Å². The van der Waals surface area contributed by atoms with Crippen molar-refractivity contribution in [3.05, 3.63) is 48.2 Å². The smallest absolute Gasteiger partial charge is 0.257 e. The van der Waals surface area contributed by atoms with Gasteiger partial charge in [0.1, 0.15) is 5.52 Å². The molecule has 1 saturated heterocycles. The van der Waals surface area contributed by atoms with Crippen LogP contribution in [0.1, 0.15) is 34.7 Å². The van der Waals surface area contributed by atoms with Crippen LogP contribution < -0.4 is 4.74 Å². The molecule has 0 atom stereocenters. The van der Waals surface area contributed by atoms with Crippen LogP contribution in [0, 0.1) is 0 Å². The normalized spacial score (nSPS) is 15.5.